The van der Waals surface area contributed by atoms with Gasteiger partial charge in [0, 0.05) is 33.8 Å². The minimum atomic E-state index is -3.52. The molecule has 0 saturated carbocycles. The minimum absolute atomic E-state index is 0. The topological polar surface area (TPSA) is 91.8 Å². The van der Waals surface area contributed by atoms with Gasteiger partial charge >= 0.3 is 0 Å². The van der Waals surface area contributed by atoms with E-state index < -0.39 is 10.0 Å². The molecule has 172 valence electrons. The first-order valence-corrected chi connectivity index (χ1v) is 11.4. The van der Waals surface area contributed by atoms with Gasteiger partial charge in [-0.2, -0.15) is 0 Å². The molecule has 1 atom stereocenters. The number of hydrogen-bond donors (Lipinski definition) is 3. The van der Waals surface area contributed by atoms with Gasteiger partial charge in [0.05, 0.1) is 11.5 Å². The van der Waals surface area contributed by atoms with Crippen LogP contribution in [0.3, 0.4) is 0 Å². The number of benzene rings is 2. The summed E-state index contributed by atoms with van der Waals surface area (Å²) in [7, 11) is -0.259. The molecule has 1 unspecified atom stereocenters. The Labute approximate surface area is 203 Å². The largest absolute Gasteiger partial charge is 0.383 e. The normalized spacial score (nSPS) is 12.7. The number of methoxy groups -OCH3 is 1. The lowest BCUT2D eigenvalue weighted by molar-refractivity contribution is 0.204. The summed E-state index contributed by atoms with van der Waals surface area (Å²) in [5, 5.41) is 6.60. The van der Waals surface area contributed by atoms with Crippen molar-refractivity contribution in [3.63, 3.8) is 0 Å². The standard InChI is InChI=1S/C22H32N4O3S.HI/c1-17-6-5-7-20(14-17)18(2)15-24-22(23-3)25-16-19-8-10-21(11-9-19)30(27,28)26-12-13-29-4;/h5-11,14,18,26H,12-13,15-16H2,1-4H3,(H2,23,24,25);1H. The smallest absolute Gasteiger partial charge is 0.240 e. The van der Waals surface area contributed by atoms with E-state index in [0.717, 1.165) is 12.1 Å². The Morgan fingerprint density at radius 1 is 1.13 bits per heavy atom. The van der Waals surface area contributed by atoms with Gasteiger partial charge in [0.1, 0.15) is 0 Å². The molecule has 7 nitrogen and oxygen atoms in total. The molecule has 0 radical (unpaired) electrons. The van der Waals surface area contributed by atoms with E-state index in [1.165, 1.54) is 18.2 Å². The zero-order chi connectivity index (χ0) is 22.0. The highest BCUT2D eigenvalue weighted by Crippen LogP contribution is 2.15. The van der Waals surface area contributed by atoms with Gasteiger partial charge in [-0.3, -0.25) is 4.99 Å². The number of rotatable bonds is 10. The van der Waals surface area contributed by atoms with Crippen molar-refractivity contribution in [1.29, 1.82) is 0 Å². The number of aryl methyl sites for hydroxylation is 1. The zero-order valence-corrected chi connectivity index (χ0v) is 21.7. The number of aliphatic imine (C=N–C) groups is 1. The van der Waals surface area contributed by atoms with Crippen LogP contribution < -0.4 is 15.4 Å². The summed E-state index contributed by atoms with van der Waals surface area (Å²) in [6.07, 6.45) is 0. The monoisotopic (exact) mass is 560 g/mol. The molecule has 9 heteroatoms. The first-order valence-electron chi connectivity index (χ1n) is 9.94. The summed E-state index contributed by atoms with van der Waals surface area (Å²) in [6, 6.07) is 15.3. The van der Waals surface area contributed by atoms with E-state index in [4.69, 9.17) is 4.74 Å². The first-order chi connectivity index (χ1) is 14.4. The van der Waals surface area contributed by atoms with Gasteiger partial charge in [0.2, 0.25) is 10.0 Å². The van der Waals surface area contributed by atoms with Crippen LogP contribution in [-0.2, 0) is 21.3 Å². The van der Waals surface area contributed by atoms with Crippen molar-refractivity contribution in [2.45, 2.75) is 31.2 Å². The number of sulfonamides is 1. The van der Waals surface area contributed by atoms with Gasteiger partial charge in [-0.1, -0.05) is 48.9 Å². The van der Waals surface area contributed by atoms with Crippen LogP contribution in [0.1, 0.15) is 29.5 Å². The van der Waals surface area contributed by atoms with Crippen molar-refractivity contribution in [3.05, 3.63) is 65.2 Å². The number of halogens is 1. The van der Waals surface area contributed by atoms with Crippen LogP contribution in [-0.4, -0.2) is 48.2 Å². The Morgan fingerprint density at radius 2 is 1.84 bits per heavy atom. The third-order valence-corrected chi connectivity index (χ3v) is 6.18. The van der Waals surface area contributed by atoms with E-state index in [1.807, 2.05) is 0 Å². The molecule has 0 spiro atoms. The maximum atomic E-state index is 12.2. The third-order valence-electron chi connectivity index (χ3n) is 4.70. The van der Waals surface area contributed by atoms with E-state index in [-0.39, 0.29) is 35.4 Å². The predicted molar refractivity (Wildman–Crippen MR) is 137 cm³/mol. The highest BCUT2D eigenvalue weighted by Gasteiger charge is 2.13. The number of guanidine groups is 1. The van der Waals surface area contributed by atoms with E-state index in [1.54, 1.807) is 31.3 Å². The van der Waals surface area contributed by atoms with Crippen molar-refractivity contribution in [3.8, 4) is 0 Å². The van der Waals surface area contributed by atoms with Gasteiger partial charge < -0.3 is 15.4 Å². The van der Waals surface area contributed by atoms with Crippen molar-refractivity contribution in [2.75, 3.05) is 33.9 Å². The van der Waals surface area contributed by atoms with E-state index in [2.05, 4.69) is 58.5 Å². The molecule has 0 heterocycles. The van der Waals surface area contributed by atoms with E-state index in [9.17, 15) is 8.42 Å². The fraction of sp³-hybridized carbons (Fsp3) is 0.409. The lowest BCUT2D eigenvalue weighted by atomic mass is 9.99. The second-order valence-electron chi connectivity index (χ2n) is 7.16. The van der Waals surface area contributed by atoms with Crippen molar-refractivity contribution in [1.82, 2.24) is 15.4 Å². The molecule has 31 heavy (non-hydrogen) atoms. The number of nitrogens with one attached hydrogen (secondary N) is 3. The first kappa shape index (κ1) is 27.3. The highest BCUT2D eigenvalue weighted by atomic mass is 127. The molecular weight excluding hydrogens is 527 g/mol. The SMILES string of the molecule is CN=C(NCc1ccc(S(=O)(=O)NCCOC)cc1)NCC(C)c1cccc(C)c1.I. The maximum absolute atomic E-state index is 12.2. The molecule has 0 aliphatic rings. The van der Waals surface area contributed by atoms with Gasteiger partial charge in [-0.05, 0) is 36.1 Å². The number of ether oxygens (including phenoxy) is 1. The average molecular weight is 561 g/mol. The second-order valence-corrected chi connectivity index (χ2v) is 8.92. The zero-order valence-electron chi connectivity index (χ0n) is 18.5. The Hall–Kier alpha value is -1.69. The van der Waals surface area contributed by atoms with Crippen LogP contribution in [0.5, 0.6) is 0 Å². The lowest BCUT2D eigenvalue weighted by Crippen LogP contribution is -2.38. The van der Waals surface area contributed by atoms with Crippen molar-refractivity contribution < 1.29 is 13.2 Å². The van der Waals surface area contributed by atoms with Crippen LogP contribution in [0.15, 0.2) is 58.4 Å². The molecule has 0 aliphatic heterocycles. The molecule has 0 fully saturated rings. The van der Waals surface area contributed by atoms with Gasteiger partial charge in [-0.15, -0.1) is 24.0 Å². The Morgan fingerprint density at radius 3 is 2.45 bits per heavy atom. The van der Waals surface area contributed by atoms with E-state index in [0.29, 0.717) is 25.0 Å². The Kier molecular flexibility index (Phi) is 12.1. The molecule has 2 aromatic carbocycles. The minimum Gasteiger partial charge on any atom is -0.383 e. The highest BCUT2D eigenvalue weighted by molar-refractivity contribution is 14.0. The fourth-order valence-corrected chi connectivity index (χ4v) is 3.91. The molecule has 0 saturated heterocycles. The molecule has 0 aromatic heterocycles. The third kappa shape index (κ3) is 9.14. The summed E-state index contributed by atoms with van der Waals surface area (Å²) in [5.41, 5.74) is 3.50. The van der Waals surface area contributed by atoms with Crippen molar-refractivity contribution in [2.24, 2.45) is 4.99 Å². The fourth-order valence-electron chi connectivity index (χ4n) is 2.90. The van der Waals surface area contributed by atoms with Crippen LogP contribution in [0.4, 0.5) is 0 Å². The average Bonchev–Trinajstić information content (AvgIpc) is 2.74. The van der Waals surface area contributed by atoms with Crippen molar-refractivity contribution >= 4 is 40.0 Å². The van der Waals surface area contributed by atoms with E-state index >= 15 is 0 Å². The van der Waals surface area contributed by atoms with Crippen LogP contribution in [0.2, 0.25) is 0 Å². The summed E-state index contributed by atoms with van der Waals surface area (Å²) >= 11 is 0. The summed E-state index contributed by atoms with van der Waals surface area (Å²) in [5.74, 6) is 1.05. The van der Waals surface area contributed by atoms with Gasteiger partial charge in [0.25, 0.3) is 0 Å². The molecule has 0 bridgehead atoms. The van der Waals surface area contributed by atoms with Crippen LogP contribution in [0, 0.1) is 6.92 Å². The van der Waals surface area contributed by atoms with Gasteiger partial charge in [0.15, 0.2) is 5.96 Å². The second kappa shape index (κ2) is 13.7. The van der Waals surface area contributed by atoms with Crippen LogP contribution in [0.25, 0.3) is 0 Å². The molecule has 2 rings (SSSR count). The number of hydrogen-bond acceptors (Lipinski definition) is 4. The summed E-state index contributed by atoms with van der Waals surface area (Å²) < 4.78 is 31.8. The van der Waals surface area contributed by atoms with Crippen LogP contribution >= 0.6 is 24.0 Å². The lowest BCUT2D eigenvalue weighted by Gasteiger charge is -2.17. The van der Waals surface area contributed by atoms with Gasteiger partial charge in [-0.25, -0.2) is 13.1 Å². The quantitative estimate of drug-likeness (QED) is 0.180. The number of nitrogens with zero attached hydrogens (tertiary/aromatic N) is 1. The molecular formula is C22H33IN4O3S. The molecule has 0 aliphatic carbocycles. The molecule has 3 N–H and O–H groups in total. The summed E-state index contributed by atoms with van der Waals surface area (Å²) in [6.45, 7) is 6.13. The Balaban J connectivity index is 0.00000480. The summed E-state index contributed by atoms with van der Waals surface area (Å²) in [4.78, 5) is 4.49. The maximum Gasteiger partial charge on any atom is 0.240 e. The predicted octanol–water partition coefficient (Wildman–Crippen LogP) is 3.01. The Bertz CT molecular complexity index is 934. The molecule has 0 amide bonds. The molecule has 2 aromatic rings.